The Morgan fingerprint density at radius 3 is 2.87 bits per heavy atom. The zero-order valence-corrected chi connectivity index (χ0v) is 13.7. The van der Waals surface area contributed by atoms with Crippen molar-refractivity contribution in [2.75, 3.05) is 19.7 Å². The van der Waals surface area contributed by atoms with E-state index in [1.807, 2.05) is 0 Å². The summed E-state index contributed by atoms with van der Waals surface area (Å²) >= 11 is 1.78. The van der Waals surface area contributed by atoms with Gasteiger partial charge in [0.25, 0.3) is 0 Å². The maximum absolute atomic E-state index is 10.3. The van der Waals surface area contributed by atoms with Crippen molar-refractivity contribution >= 4 is 11.3 Å². The molecule has 1 aliphatic heterocycles. The molecule has 1 fully saturated rings. The average Bonchev–Trinajstić information content (AvgIpc) is 3.24. The van der Waals surface area contributed by atoms with Crippen molar-refractivity contribution in [1.29, 1.82) is 5.26 Å². The van der Waals surface area contributed by atoms with Gasteiger partial charge in [0.05, 0.1) is 11.6 Å². The summed E-state index contributed by atoms with van der Waals surface area (Å²) in [6.45, 7) is 1.91. The van der Waals surface area contributed by atoms with Crippen molar-refractivity contribution < 1.29 is 9.84 Å². The molecule has 3 rings (SSSR count). The molecule has 1 aromatic carbocycles. The number of aliphatic hydroxyl groups excluding tert-OH is 1. The van der Waals surface area contributed by atoms with E-state index in [-0.39, 0.29) is 6.61 Å². The van der Waals surface area contributed by atoms with Crippen molar-refractivity contribution in [2.24, 2.45) is 0 Å². The molecule has 2 heterocycles. The summed E-state index contributed by atoms with van der Waals surface area (Å²) in [6, 6.07) is 13.7. The van der Waals surface area contributed by atoms with Gasteiger partial charge in [-0.05, 0) is 55.1 Å². The van der Waals surface area contributed by atoms with Crippen molar-refractivity contribution in [3.63, 3.8) is 0 Å². The molecule has 120 valence electrons. The van der Waals surface area contributed by atoms with Gasteiger partial charge in [-0.25, -0.2) is 0 Å². The highest BCUT2D eigenvalue weighted by Crippen LogP contribution is 2.34. The van der Waals surface area contributed by atoms with E-state index in [1.54, 1.807) is 35.6 Å². The number of likely N-dealkylation sites (tertiary alicyclic amines) is 1. The van der Waals surface area contributed by atoms with Crippen LogP contribution in [0.1, 0.15) is 29.3 Å². The van der Waals surface area contributed by atoms with E-state index in [2.05, 4.69) is 28.5 Å². The van der Waals surface area contributed by atoms with Crippen LogP contribution in [0.4, 0.5) is 0 Å². The molecule has 2 atom stereocenters. The Hall–Kier alpha value is -1.87. The Morgan fingerprint density at radius 2 is 2.17 bits per heavy atom. The van der Waals surface area contributed by atoms with Crippen LogP contribution in [0.2, 0.25) is 0 Å². The highest BCUT2D eigenvalue weighted by molar-refractivity contribution is 7.10. The third-order valence-electron chi connectivity index (χ3n) is 4.11. The Kier molecular flexibility index (Phi) is 5.29. The molecule has 5 heteroatoms. The van der Waals surface area contributed by atoms with Crippen LogP contribution in [0, 0.1) is 11.3 Å². The van der Waals surface area contributed by atoms with Crippen LogP contribution in [0.25, 0.3) is 0 Å². The number of β-amino-alcohol motifs (C(OH)–C–C–N with tert-alkyl or cyclic N) is 1. The Morgan fingerprint density at radius 1 is 1.35 bits per heavy atom. The number of nitriles is 1. The number of thiophene rings is 1. The Labute approximate surface area is 140 Å². The topological polar surface area (TPSA) is 56.5 Å². The minimum atomic E-state index is -0.522. The first-order chi connectivity index (χ1) is 11.3. The fourth-order valence-electron chi connectivity index (χ4n) is 2.99. The largest absolute Gasteiger partial charge is 0.491 e. The number of nitrogens with zero attached hydrogens (tertiary/aromatic N) is 2. The maximum atomic E-state index is 10.3. The molecular formula is C18H20N2O2S. The first-order valence-electron chi connectivity index (χ1n) is 7.85. The molecule has 2 aromatic rings. The van der Waals surface area contributed by atoms with E-state index in [1.165, 1.54) is 11.3 Å². The van der Waals surface area contributed by atoms with E-state index in [4.69, 9.17) is 10.00 Å². The molecule has 0 amide bonds. The van der Waals surface area contributed by atoms with Gasteiger partial charge in [-0.3, -0.25) is 4.90 Å². The summed E-state index contributed by atoms with van der Waals surface area (Å²) in [5.41, 5.74) is 0.605. The van der Waals surface area contributed by atoms with Crippen molar-refractivity contribution in [2.45, 2.75) is 25.0 Å². The summed E-state index contributed by atoms with van der Waals surface area (Å²) in [7, 11) is 0. The summed E-state index contributed by atoms with van der Waals surface area (Å²) in [4.78, 5) is 3.72. The van der Waals surface area contributed by atoms with E-state index in [0.29, 0.717) is 23.9 Å². The van der Waals surface area contributed by atoms with Gasteiger partial charge in [0.15, 0.2) is 0 Å². The third-order valence-corrected chi connectivity index (χ3v) is 5.08. The van der Waals surface area contributed by atoms with Gasteiger partial charge in [-0.2, -0.15) is 5.26 Å². The summed E-state index contributed by atoms with van der Waals surface area (Å²) in [5.74, 6) is 0.680. The molecule has 1 N–H and O–H groups in total. The Balaban J connectivity index is 1.50. The average molecular weight is 328 g/mol. The maximum Gasteiger partial charge on any atom is 0.119 e. The molecule has 1 saturated heterocycles. The number of aliphatic hydroxyl groups is 1. The molecule has 0 saturated carbocycles. The van der Waals surface area contributed by atoms with Crippen LogP contribution in [0.5, 0.6) is 5.75 Å². The highest BCUT2D eigenvalue weighted by Gasteiger charge is 2.28. The SMILES string of the molecule is N#Cc1ccc(OC[C@H](O)CN2CCC[C@H]2c2cccs2)cc1. The number of rotatable bonds is 6. The Bertz CT molecular complexity index is 649. The molecule has 23 heavy (non-hydrogen) atoms. The predicted octanol–water partition coefficient (Wildman–Crippen LogP) is 3.20. The second-order valence-corrected chi connectivity index (χ2v) is 6.75. The molecule has 4 nitrogen and oxygen atoms in total. The fraction of sp³-hybridized carbons (Fsp3) is 0.389. The van der Waals surface area contributed by atoms with Gasteiger partial charge in [0.2, 0.25) is 0 Å². The lowest BCUT2D eigenvalue weighted by molar-refractivity contribution is 0.0643. The molecule has 1 aliphatic rings. The lowest BCUT2D eigenvalue weighted by Gasteiger charge is -2.26. The third kappa shape index (κ3) is 4.11. The molecule has 0 bridgehead atoms. The van der Waals surface area contributed by atoms with Crippen LogP contribution in [0.3, 0.4) is 0 Å². The van der Waals surface area contributed by atoms with Gasteiger partial charge >= 0.3 is 0 Å². The normalized spacial score (nSPS) is 19.4. The van der Waals surface area contributed by atoms with E-state index < -0.39 is 6.10 Å². The van der Waals surface area contributed by atoms with Crippen LogP contribution in [-0.4, -0.2) is 35.8 Å². The lowest BCUT2D eigenvalue weighted by atomic mass is 10.2. The fourth-order valence-corrected chi connectivity index (χ4v) is 3.88. The quantitative estimate of drug-likeness (QED) is 0.885. The second-order valence-electron chi connectivity index (χ2n) is 5.77. The minimum absolute atomic E-state index is 0.263. The zero-order valence-electron chi connectivity index (χ0n) is 12.9. The van der Waals surface area contributed by atoms with Crippen LogP contribution in [-0.2, 0) is 0 Å². The van der Waals surface area contributed by atoms with Gasteiger partial charge < -0.3 is 9.84 Å². The molecule has 0 unspecified atom stereocenters. The monoisotopic (exact) mass is 328 g/mol. The van der Waals surface area contributed by atoms with Crippen molar-refractivity contribution in [3.8, 4) is 11.8 Å². The molecule has 0 aliphatic carbocycles. The zero-order chi connectivity index (χ0) is 16.1. The molecule has 0 radical (unpaired) electrons. The van der Waals surface area contributed by atoms with Crippen LogP contribution in [0.15, 0.2) is 41.8 Å². The number of hydrogen-bond acceptors (Lipinski definition) is 5. The minimum Gasteiger partial charge on any atom is -0.491 e. The highest BCUT2D eigenvalue weighted by atomic mass is 32.1. The lowest BCUT2D eigenvalue weighted by Crippen LogP contribution is -2.35. The summed E-state index contributed by atoms with van der Waals surface area (Å²) in [6.07, 6.45) is 1.81. The summed E-state index contributed by atoms with van der Waals surface area (Å²) in [5, 5.41) is 21.2. The van der Waals surface area contributed by atoms with Crippen molar-refractivity contribution in [3.05, 3.63) is 52.2 Å². The molecule has 1 aromatic heterocycles. The van der Waals surface area contributed by atoms with E-state index in [0.717, 1.165) is 13.0 Å². The first kappa shape index (κ1) is 16.0. The summed E-state index contributed by atoms with van der Waals surface area (Å²) < 4.78 is 5.62. The van der Waals surface area contributed by atoms with Crippen LogP contribution >= 0.6 is 11.3 Å². The molecular weight excluding hydrogens is 308 g/mol. The van der Waals surface area contributed by atoms with Gasteiger partial charge in [-0.1, -0.05) is 6.07 Å². The van der Waals surface area contributed by atoms with Crippen molar-refractivity contribution in [1.82, 2.24) is 4.90 Å². The number of benzene rings is 1. The van der Waals surface area contributed by atoms with Crippen LogP contribution < -0.4 is 4.74 Å². The van der Waals surface area contributed by atoms with Gasteiger partial charge in [-0.15, -0.1) is 11.3 Å². The number of hydrogen-bond donors (Lipinski definition) is 1. The van der Waals surface area contributed by atoms with Gasteiger partial charge in [0.1, 0.15) is 18.5 Å². The predicted molar refractivity (Wildman–Crippen MR) is 90.5 cm³/mol. The first-order valence-corrected chi connectivity index (χ1v) is 8.72. The standard InChI is InChI=1S/C18H20N2O2S/c19-11-14-5-7-16(8-6-14)22-13-15(21)12-20-9-1-3-17(20)18-4-2-10-23-18/h2,4-8,10,15,17,21H,1,3,9,12-13H2/t15-,17+/m1/s1. The second kappa shape index (κ2) is 7.60. The van der Waals surface area contributed by atoms with E-state index >= 15 is 0 Å². The smallest absolute Gasteiger partial charge is 0.119 e. The van der Waals surface area contributed by atoms with Gasteiger partial charge in [0, 0.05) is 17.5 Å². The number of ether oxygens (including phenoxy) is 1. The molecule has 0 spiro atoms. The van der Waals surface area contributed by atoms with E-state index in [9.17, 15) is 5.11 Å².